The molecule has 1 aliphatic heterocycles. The summed E-state index contributed by atoms with van der Waals surface area (Å²) >= 11 is 0. The molecule has 0 saturated carbocycles. The summed E-state index contributed by atoms with van der Waals surface area (Å²) in [7, 11) is 2.14. The van der Waals surface area contributed by atoms with Gasteiger partial charge in [-0.2, -0.15) is 0 Å². The third-order valence-corrected chi connectivity index (χ3v) is 5.26. The fourth-order valence-electron chi connectivity index (χ4n) is 3.57. The van der Waals surface area contributed by atoms with Gasteiger partial charge in [0, 0.05) is 31.9 Å². The lowest BCUT2D eigenvalue weighted by Gasteiger charge is -2.25. The van der Waals surface area contributed by atoms with Gasteiger partial charge in [0.1, 0.15) is 18.2 Å². The number of ether oxygens (including phenoxy) is 1. The molecular formula is C23H24FN3O2. The first-order chi connectivity index (χ1) is 14.1. The molecule has 0 N–H and O–H groups in total. The van der Waals surface area contributed by atoms with Gasteiger partial charge in [0.15, 0.2) is 0 Å². The van der Waals surface area contributed by atoms with Crippen molar-refractivity contribution < 1.29 is 9.13 Å². The zero-order valence-electron chi connectivity index (χ0n) is 16.5. The van der Waals surface area contributed by atoms with Crippen molar-refractivity contribution in [2.45, 2.75) is 32.5 Å². The number of nitrogens with zero attached hydrogens (tertiary/aromatic N) is 3. The van der Waals surface area contributed by atoms with E-state index in [4.69, 9.17) is 4.74 Å². The molecule has 0 spiro atoms. The number of benzene rings is 1. The molecule has 0 saturated heterocycles. The standard InChI is InChI=1S/C23H24FN3O2/c1-26-9-7-18-3-2-17(12-19(18)15-26)6-10-27-11-8-22(13-23(27)28)29-16-21-5-4-20(24)14-25-21/h2-5,8,11-14H,6-7,9-10,15-16H2,1H3. The molecule has 0 unspecified atom stereocenters. The lowest BCUT2D eigenvalue weighted by Crippen LogP contribution is -2.26. The Hall–Kier alpha value is -2.99. The van der Waals surface area contributed by atoms with Crippen molar-refractivity contribution >= 4 is 0 Å². The summed E-state index contributed by atoms with van der Waals surface area (Å²) in [4.78, 5) is 18.7. The second-order valence-corrected chi connectivity index (χ2v) is 7.49. The van der Waals surface area contributed by atoms with Gasteiger partial charge in [-0.25, -0.2) is 4.39 Å². The molecule has 6 heteroatoms. The second-order valence-electron chi connectivity index (χ2n) is 7.49. The highest BCUT2D eigenvalue weighted by molar-refractivity contribution is 5.34. The molecule has 0 fully saturated rings. The Morgan fingerprint density at radius 1 is 1.14 bits per heavy atom. The highest BCUT2D eigenvalue weighted by Crippen LogP contribution is 2.20. The third-order valence-electron chi connectivity index (χ3n) is 5.26. The number of rotatable bonds is 6. The van der Waals surface area contributed by atoms with Gasteiger partial charge in [0.05, 0.1) is 11.9 Å². The van der Waals surface area contributed by atoms with Crippen molar-refractivity contribution in [3.05, 3.63) is 93.4 Å². The minimum Gasteiger partial charge on any atom is -0.487 e. The van der Waals surface area contributed by atoms with Gasteiger partial charge in [0.25, 0.3) is 5.56 Å². The van der Waals surface area contributed by atoms with Crippen molar-refractivity contribution in [3.8, 4) is 5.75 Å². The zero-order chi connectivity index (χ0) is 20.2. The van der Waals surface area contributed by atoms with Crippen molar-refractivity contribution in [2.24, 2.45) is 0 Å². The maximum Gasteiger partial charge on any atom is 0.254 e. The number of pyridine rings is 2. The Balaban J connectivity index is 1.36. The molecule has 3 aromatic rings. The molecule has 1 aromatic carbocycles. The Morgan fingerprint density at radius 2 is 2.03 bits per heavy atom. The number of aryl methyl sites for hydroxylation is 2. The van der Waals surface area contributed by atoms with E-state index in [9.17, 15) is 9.18 Å². The molecule has 150 valence electrons. The van der Waals surface area contributed by atoms with E-state index in [-0.39, 0.29) is 18.0 Å². The molecule has 0 amide bonds. The average Bonchev–Trinajstić information content (AvgIpc) is 2.72. The van der Waals surface area contributed by atoms with Crippen LogP contribution in [-0.4, -0.2) is 28.0 Å². The van der Waals surface area contributed by atoms with Gasteiger partial charge in [-0.15, -0.1) is 0 Å². The van der Waals surface area contributed by atoms with E-state index in [1.165, 1.54) is 28.8 Å². The Bertz CT molecular complexity index is 1050. The molecule has 0 atom stereocenters. The predicted octanol–water partition coefficient (Wildman–Crippen LogP) is 3.19. The Kier molecular flexibility index (Phi) is 5.71. The molecule has 0 bridgehead atoms. The van der Waals surface area contributed by atoms with Crippen LogP contribution in [0.25, 0.3) is 0 Å². The van der Waals surface area contributed by atoms with Gasteiger partial charge >= 0.3 is 0 Å². The van der Waals surface area contributed by atoms with Crippen LogP contribution in [0.3, 0.4) is 0 Å². The minimum absolute atomic E-state index is 0.104. The highest BCUT2D eigenvalue weighted by atomic mass is 19.1. The molecule has 5 nitrogen and oxygen atoms in total. The van der Waals surface area contributed by atoms with Gasteiger partial charge in [-0.05, 0) is 54.8 Å². The van der Waals surface area contributed by atoms with Crippen LogP contribution < -0.4 is 10.3 Å². The number of hydrogen-bond acceptors (Lipinski definition) is 4. The van der Waals surface area contributed by atoms with Gasteiger partial charge in [0.2, 0.25) is 0 Å². The molecule has 0 aliphatic carbocycles. The predicted molar refractivity (Wildman–Crippen MR) is 109 cm³/mol. The summed E-state index contributed by atoms with van der Waals surface area (Å²) < 4.78 is 20.2. The Morgan fingerprint density at radius 3 is 2.83 bits per heavy atom. The fourth-order valence-corrected chi connectivity index (χ4v) is 3.57. The van der Waals surface area contributed by atoms with Crippen molar-refractivity contribution in [1.82, 2.24) is 14.5 Å². The van der Waals surface area contributed by atoms with Crippen LogP contribution in [0.4, 0.5) is 4.39 Å². The smallest absolute Gasteiger partial charge is 0.254 e. The first-order valence-corrected chi connectivity index (χ1v) is 9.80. The molecular weight excluding hydrogens is 369 g/mol. The summed E-state index contributed by atoms with van der Waals surface area (Å²) in [5, 5.41) is 0. The van der Waals surface area contributed by atoms with Crippen molar-refractivity contribution in [1.29, 1.82) is 0 Å². The minimum atomic E-state index is -0.387. The number of halogens is 1. The van der Waals surface area contributed by atoms with E-state index in [1.807, 2.05) is 0 Å². The van der Waals surface area contributed by atoms with Crippen LogP contribution in [0.2, 0.25) is 0 Å². The van der Waals surface area contributed by atoms with Gasteiger partial charge in [-0.3, -0.25) is 9.78 Å². The van der Waals surface area contributed by atoms with E-state index in [1.54, 1.807) is 22.9 Å². The fraction of sp³-hybridized carbons (Fsp3) is 0.304. The normalized spacial score (nSPS) is 13.9. The molecule has 2 aromatic heterocycles. The molecule has 1 aliphatic rings. The van der Waals surface area contributed by atoms with Crippen LogP contribution in [0, 0.1) is 5.82 Å². The zero-order valence-corrected chi connectivity index (χ0v) is 16.5. The number of fused-ring (bicyclic) bond motifs is 1. The highest BCUT2D eigenvalue weighted by Gasteiger charge is 2.13. The topological polar surface area (TPSA) is 47.4 Å². The average molecular weight is 393 g/mol. The monoisotopic (exact) mass is 393 g/mol. The maximum atomic E-state index is 12.9. The number of likely N-dealkylation sites (N-methyl/N-ethyl adjacent to an activating group) is 1. The number of hydrogen-bond donors (Lipinski definition) is 0. The van der Waals surface area contributed by atoms with E-state index >= 15 is 0 Å². The van der Waals surface area contributed by atoms with E-state index in [2.05, 4.69) is 35.1 Å². The first-order valence-electron chi connectivity index (χ1n) is 9.80. The van der Waals surface area contributed by atoms with Crippen molar-refractivity contribution in [3.63, 3.8) is 0 Å². The summed E-state index contributed by atoms with van der Waals surface area (Å²) in [6.45, 7) is 2.89. The maximum absolute atomic E-state index is 12.9. The lowest BCUT2D eigenvalue weighted by molar-refractivity contribution is 0.299. The largest absolute Gasteiger partial charge is 0.487 e. The summed E-state index contributed by atoms with van der Waals surface area (Å²) in [6.07, 6.45) is 4.80. The van der Waals surface area contributed by atoms with Gasteiger partial charge < -0.3 is 14.2 Å². The van der Waals surface area contributed by atoms with Crippen LogP contribution >= 0.6 is 0 Å². The molecule has 4 rings (SSSR count). The molecule has 0 radical (unpaired) electrons. The van der Waals surface area contributed by atoms with E-state index < -0.39 is 0 Å². The Labute approximate surface area is 169 Å². The van der Waals surface area contributed by atoms with Crippen LogP contribution in [0.5, 0.6) is 5.75 Å². The number of aromatic nitrogens is 2. The van der Waals surface area contributed by atoms with E-state index in [0.717, 1.165) is 32.1 Å². The van der Waals surface area contributed by atoms with Crippen LogP contribution in [0.1, 0.15) is 22.4 Å². The van der Waals surface area contributed by atoms with Gasteiger partial charge in [-0.1, -0.05) is 18.2 Å². The quantitative estimate of drug-likeness (QED) is 0.645. The summed E-state index contributed by atoms with van der Waals surface area (Å²) in [5.74, 6) is 0.0940. The molecule has 29 heavy (non-hydrogen) atoms. The van der Waals surface area contributed by atoms with Crippen molar-refractivity contribution in [2.75, 3.05) is 13.6 Å². The molecule has 3 heterocycles. The third kappa shape index (κ3) is 4.90. The first kappa shape index (κ1) is 19.3. The van der Waals surface area contributed by atoms with Crippen LogP contribution in [0.15, 0.2) is 59.7 Å². The lowest BCUT2D eigenvalue weighted by atomic mass is 9.97. The van der Waals surface area contributed by atoms with Crippen LogP contribution in [-0.2, 0) is 32.5 Å². The second kappa shape index (κ2) is 8.57. The summed E-state index contributed by atoms with van der Waals surface area (Å²) in [6, 6.07) is 12.8. The SMILES string of the molecule is CN1CCc2ccc(CCn3ccc(OCc4ccc(F)cn4)cc3=O)cc2C1. The summed E-state index contributed by atoms with van der Waals surface area (Å²) in [5.41, 5.74) is 4.57. The van der Waals surface area contributed by atoms with E-state index in [0.29, 0.717) is 18.0 Å².